The lowest BCUT2D eigenvalue weighted by Crippen LogP contribution is -2.09. The van der Waals surface area contributed by atoms with Crippen LogP contribution in [-0.4, -0.2) is 19.6 Å². The molecule has 1 aromatic carbocycles. The summed E-state index contributed by atoms with van der Waals surface area (Å²) in [7, 11) is -4.31. The lowest BCUT2D eigenvalue weighted by Gasteiger charge is -2.09. The highest BCUT2D eigenvalue weighted by Gasteiger charge is 2.17. The number of hydrazine groups is 1. The summed E-state index contributed by atoms with van der Waals surface area (Å²) in [5.74, 6) is 5.22. The molecule has 6 nitrogen and oxygen atoms in total. The van der Waals surface area contributed by atoms with Crippen molar-refractivity contribution in [3.63, 3.8) is 0 Å². The van der Waals surface area contributed by atoms with Gasteiger partial charge in [-0.2, -0.15) is 8.42 Å². The maximum absolute atomic E-state index is 11.0. The second-order valence-corrected chi connectivity index (χ2v) is 4.10. The summed E-state index contributed by atoms with van der Waals surface area (Å²) in [4.78, 5) is -0.306. The van der Waals surface area contributed by atoms with Crippen molar-refractivity contribution >= 4 is 15.8 Å². The predicted octanol–water partition coefficient (Wildman–Crippen LogP) is 0.618. The number of hydrogen-bond donors (Lipinski definition) is 3. The van der Waals surface area contributed by atoms with Gasteiger partial charge in [-0.15, -0.1) is 0 Å². The Morgan fingerprint density at radius 1 is 1.53 bits per heavy atom. The Hall–Kier alpha value is -1.31. The van der Waals surface area contributed by atoms with E-state index in [9.17, 15) is 8.42 Å². The minimum atomic E-state index is -4.31. The van der Waals surface area contributed by atoms with Gasteiger partial charge >= 0.3 is 0 Å². The van der Waals surface area contributed by atoms with Gasteiger partial charge in [-0.1, -0.05) is 0 Å². The van der Waals surface area contributed by atoms with Gasteiger partial charge in [-0.3, -0.25) is 10.4 Å². The van der Waals surface area contributed by atoms with Gasteiger partial charge < -0.3 is 10.2 Å². The number of hydrogen-bond acceptors (Lipinski definition) is 5. The lowest BCUT2D eigenvalue weighted by molar-refractivity contribution is 0.329. The van der Waals surface area contributed by atoms with Crippen molar-refractivity contribution in [3.8, 4) is 5.75 Å². The topological polar surface area (TPSA) is 102 Å². The fourth-order valence-electron chi connectivity index (χ4n) is 1.07. The molecule has 0 radical (unpaired) electrons. The monoisotopic (exact) mass is 232 g/mol. The van der Waals surface area contributed by atoms with Gasteiger partial charge in [0.1, 0.15) is 10.6 Å². The number of nitrogens with one attached hydrogen (secondary N) is 1. The lowest BCUT2D eigenvalue weighted by atomic mass is 10.3. The molecule has 0 aliphatic rings. The highest BCUT2D eigenvalue weighted by atomic mass is 32.2. The first-order valence-corrected chi connectivity index (χ1v) is 5.64. The molecule has 0 amide bonds. The third-order valence-electron chi connectivity index (χ3n) is 1.69. The summed E-state index contributed by atoms with van der Waals surface area (Å²) in [6, 6.07) is 4.15. The summed E-state index contributed by atoms with van der Waals surface area (Å²) in [5.41, 5.74) is 2.64. The molecule has 1 rings (SSSR count). The minimum absolute atomic E-state index is 0.0963. The van der Waals surface area contributed by atoms with Crippen molar-refractivity contribution in [3.05, 3.63) is 18.2 Å². The van der Waals surface area contributed by atoms with Gasteiger partial charge in [-0.25, -0.2) is 0 Å². The van der Waals surface area contributed by atoms with E-state index < -0.39 is 10.1 Å². The van der Waals surface area contributed by atoms with Crippen molar-refractivity contribution < 1.29 is 17.7 Å². The molecule has 7 heteroatoms. The van der Waals surface area contributed by atoms with Crippen molar-refractivity contribution in [2.45, 2.75) is 11.8 Å². The normalized spacial score (nSPS) is 11.1. The average Bonchev–Trinajstić information content (AvgIpc) is 2.17. The van der Waals surface area contributed by atoms with E-state index in [0.717, 1.165) is 0 Å². The van der Waals surface area contributed by atoms with Crippen LogP contribution in [0.25, 0.3) is 0 Å². The zero-order chi connectivity index (χ0) is 11.5. The van der Waals surface area contributed by atoms with E-state index in [1.165, 1.54) is 12.1 Å². The van der Waals surface area contributed by atoms with E-state index in [4.69, 9.17) is 15.1 Å². The molecular formula is C8H12N2O4S. The standard InChI is InChI=1S/C8H12N2O4S/c1-2-14-7-4-3-6(10-9)5-8(7)15(11,12)13/h3-5,10H,2,9H2,1H3,(H,11,12,13). The van der Waals surface area contributed by atoms with Gasteiger partial charge in [0.25, 0.3) is 10.1 Å². The second-order valence-electron chi connectivity index (χ2n) is 2.71. The number of ether oxygens (including phenoxy) is 1. The zero-order valence-electron chi connectivity index (χ0n) is 8.10. The summed E-state index contributed by atoms with van der Waals surface area (Å²) in [6.07, 6.45) is 0. The SMILES string of the molecule is CCOc1ccc(NN)cc1S(=O)(=O)O. The molecule has 0 aliphatic heterocycles. The van der Waals surface area contributed by atoms with Crippen LogP contribution >= 0.6 is 0 Å². The Labute approximate surface area is 87.8 Å². The van der Waals surface area contributed by atoms with Crippen molar-refractivity contribution in [1.29, 1.82) is 0 Å². The molecule has 0 unspecified atom stereocenters. The first-order valence-electron chi connectivity index (χ1n) is 4.20. The average molecular weight is 232 g/mol. The fraction of sp³-hybridized carbons (Fsp3) is 0.250. The number of benzene rings is 1. The van der Waals surface area contributed by atoms with E-state index in [-0.39, 0.29) is 10.6 Å². The molecule has 0 heterocycles. The van der Waals surface area contributed by atoms with Crippen molar-refractivity contribution in [1.82, 2.24) is 0 Å². The Kier molecular flexibility index (Phi) is 3.51. The molecule has 0 saturated heterocycles. The molecule has 0 atom stereocenters. The molecule has 0 bridgehead atoms. The number of nitrogen functional groups attached to an aromatic ring is 1. The molecule has 0 aliphatic carbocycles. The van der Waals surface area contributed by atoms with Crippen LogP contribution in [0.15, 0.2) is 23.1 Å². The van der Waals surface area contributed by atoms with E-state index in [1.807, 2.05) is 0 Å². The third-order valence-corrected chi connectivity index (χ3v) is 2.56. The quantitative estimate of drug-likeness (QED) is 0.399. The summed E-state index contributed by atoms with van der Waals surface area (Å²) in [5, 5.41) is 0. The molecule has 0 saturated carbocycles. The fourth-order valence-corrected chi connectivity index (χ4v) is 1.73. The predicted molar refractivity (Wildman–Crippen MR) is 55.2 cm³/mol. The molecular weight excluding hydrogens is 220 g/mol. The van der Waals surface area contributed by atoms with Crippen molar-refractivity contribution in [2.24, 2.45) is 5.84 Å². The molecule has 4 N–H and O–H groups in total. The zero-order valence-corrected chi connectivity index (χ0v) is 8.91. The van der Waals surface area contributed by atoms with Crippen LogP contribution in [0.2, 0.25) is 0 Å². The van der Waals surface area contributed by atoms with Crippen LogP contribution in [0.3, 0.4) is 0 Å². The summed E-state index contributed by atoms with van der Waals surface area (Å²) >= 11 is 0. The highest BCUT2D eigenvalue weighted by molar-refractivity contribution is 7.86. The van der Waals surface area contributed by atoms with Gasteiger partial charge in [0, 0.05) is 0 Å². The maximum Gasteiger partial charge on any atom is 0.298 e. The Bertz CT molecular complexity index is 444. The Morgan fingerprint density at radius 3 is 2.67 bits per heavy atom. The van der Waals surface area contributed by atoms with Crippen LogP contribution < -0.4 is 16.0 Å². The van der Waals surface area contributed by atoms with Gasteiger partial charge in [0.15, 0.2) is 0 Å². The number of anilines is 1. The maximum atomic E-state index is 11.0. The first kappa shape index (κ1) is 11.8. The second kappa shape index (κ2) is 4.47. The van der Waals surface area contributed by atoms with E-state index in [1.54, 1.807) is 13.0 Å². The molecule has 0 fully saturated rings. The number of nitrogens with two attached hydrogens (primary N) is 1. The number of rotatable bonds is 4. The first-order chi connectivity index (χ1) is 6.99. The van der Waals surface area contributed by atoms with E-state index >= 15 is 0 Å². The van der Waals surface area contributed by atoms with Gasteiger partial charge in [0.2, 0.25) is 0 Å². The minimum Gasteiger partial charge on any atom is -0.492 e. The molecule has 0 spiro atoms. The smallest absolute Gasteiger partial charge is 0.298 e. The summed E-state index contributed by atoms with van der Waals surface area (Å²) < 4.78 is 36.0. The highest BCUT2D eigenvalue weighted by Crippen LogP contribution is 2.26. The van der Waals surface area contributed by atoms with E-state index in [2.05, 4.69) is 5.43 Å². The molecule has 0 aromatic heterocycles. The van der Waals surface area contributed by atoms with E-state index in [0.29, 0.717) is 12.3 Å². The third kappa shape index (κ3) is 2.82. The summed E-state index contributed by atoms with van der Waals surface area (Å²) in [6.45, 7) is 2.01. The van der Waals surface area contributed by atoms with Crippen LogP contribution in [-0.2, 0) is 10.1 Å². The largest absolute Gasteiger partial charge is 0.492 e. The Balaban J connectivity index is 3.29. The molecule has 84 valence electrons. The Morgan fingerprint density at radius 2 is 2.20 bits per heavy atom. The van der Waals surface area contributed by atoms with Crippen LogP contribution in [0.4, 0.5) is 5.69 Å². The molecule has 1 aromatic rings. The van der Waals surface area contributed by atoms with Gasteiger partial charge in [0.05, 0.1) is 12.3 Å². The van der Waals surface area contributed by atoms with Crippen LogP contribution in [0.1, 0.15) is 6.92 Å². The molecule has 15 heavy (non-hydrogen) atoms. The van der Waals surface area contributed by atoms with Gasteiger partial charge in [-0.05, 0) is 25.1 Å². The van der Waals surface area contributed by atoms with Crippen LogP contribution in [0.5, 0.6) is 5.75 Å². The van der Waals surface area contributed by atoms with Crippen LogP contribution in [0, 0.1) is 0 Å². The van der Waals surface area contributed by atoms with Crippen molar-refractivity contribution in [2.75, 3.05) is 12.0 Å².